The van der Waals surface area contributed by atoms with Crippen LogP contribution in [0.1, 0.15) is 59.3 Å². The lowest BCUT2D eigenvalue weighted by atomic mass is 9.97. The first-order valence-electron chi connectivity index (χ1n) is 13.3. The molecule has 1 unspecified atom stereocenters. The van der Waals surface area contributed by atoms with Crippen molar-refractivity contribution in [1.82, 2.24) is 15.1 Å². The maximum atomic E-state index is 5.55. The Morgan fingerprint density at radius 3 is 2.15 bits per heavy atom. The molecule has 1 saturated carbocycles. The summed E-state index contributed by atoms with van der Waals surface area (Å²) in [6.45, 7) is 14.2. The fourth-order valence-corrected chi connectivity index (χ4v) is 4.65. The number of hydrogen-bond acceptors (Lipinski definition) is 7. The molecule has 34 heavy (non-hydrogen) atoms. The molecule has 2 fully saturated rings. The van der Waals surface area contributed by atoms with Crippen molar-refractivity contribution in [3.8, 4) is 0 Å². The molecule has 0 bridgehead atoms. The van der Waals surface area contributed by atoms with Gasteiger partial charge < -0.3 is 22.5 Å². The van der Waals surface area contributed by atoms with Gasteiger partial charge in [-0.2, -0.15) is 0 Å². The number of nitrogens with zero attached hydrogens (tertiary/aromatic N) is 4. The fourth-order valence-electron chi connectivity index (χ4n) is 4.65. The molecule has 2 rings (SSSR count). The summed E-state index contributed by atoms with van der Waals surface area (Å²) in [6, 6.07) is 1.05. The molecule has 1 atom stereocenters. The van der Waals surface area contributed by atoms with Crippen LogP contribution in [-0.4, -0.2) is 86.3 Å². The summed E-state index contributed by atoms with van der Waals surface area (Å²) in [4.78, 5) is 14.4. The predicted octanol–water partition coefficient (Wildman–Crippen LogP) is 2.32. The molecule has 8 heteroatoms. The molecular formula is C26H52N8. The highest BCUT2D eigenvalue weighted by atomic mass is 15.3. The third kappa shape index (κ3) is 11.6. The molecular weight excluding hydrogens is 424 g/mol. The van der Waals surface area contributed by atoms with E-state index < -0.39 is 0 Å². The SMILES string of the molecule is CCC(CC)C(/C=C/N)=NC(/C=C\N)=NC1CCCC1.CNCC(C)N1CCN(CCN)CC1. The molecule has 7 N–H and O–H groups in total. The van der Waals surface area contributed by atoms with Crippen LogP contribution in [0.4, 0.5) is 0 Å². The van der Waals surface area contributed by atoms with Gasteiger partial charge >= 0.3 is 0 Å². The Hall–Kier alpha value is -1.74. The highest BCUT2D eigenvalue weighted by molar-refractivity contribution is 6.08. The van der Waals surface area contributed by atoms with Gasteiger partial charge in [0, 0.05) is 63.5 Å². The highest BCUT2D eigenvalue weighted by Gasteiger charge is 2.19. The van der Waals surface area contributed by atoms with E-state index in [1.807, 2.05) is 13.1 Å². The Labute approximate surface area is 208 Å². The van der Waals surface area contributed by atoms with Crippen molar-refractivity contribution in [3.63, 3.8) is 0 Å². The number of amidine groups is 1. The Balaban J connectivity index is 0.000000362. The summed E-state index contributed by atoms with van der Waals surface area (Å²) in [6.07, 6.45) is 13.7. The molecule has 196 valence electrons. The Kier molecular flexibility index (Phi) is 16.5. The summed E-state index contributed by atoms with van der Waals surface area (Å²) < 4.78 is 0. The van der Waals surface area contributed by atoms with Crippen molar-refractivity contribution in [1.29, 1.82) is 0 Å². The molecule has 8 nitrogen and oxygen atoms in total. The monoisotopic (exact) mass is 476 g/mol. The number of likely N-dealkylation sites (N-methyl/N-ethyl adjacent to an activating group) is 1. The van der Waals surface area contributed by atoms with Gasteiger partial charge in [0.2, 0.25) is 0 Å². The maximum Gasteiger partial charge on any atom is 0.149 e. The molecule has 1 aliphatic carbocycles. The van der Waals surface area contributed by atoms with E-state index >= 15 is 0 Å². The van der Waals surface area contributed by atoms with Crippen molar-refractivity contribution in [2.45, 2.75) is 71.4 Å². The van der Waals surface area contributed by atoms with Crippen LogP contribution in [0.2, 0.25) is 0 Å². The molecule has 0 amide bonds. The zero-order chi connectivity index (χ0) is 25.2. The second-order valence-electron chi connectivity index (χ2n) is 9.27. The van der Waals surface area contributed by atoms with E-state index in [1.54, 1.807) is 12.3 Å². The number of aliphatic imine (C=N–C) groups is 2. The molecule has 1 aliphatic heterocycles. The van der Waals surface area contributed by atoms with E-state index in [0.717, 1.165) is 56.9 Å². The standard InChI is InChI=1S/C16H28N4.C10H24N4/c1-3-13(4-2)15(9-11-17)20-16(10-12-18)19-14-7-5-6-8-14;1-10(9-12-2)14-7-5-13(4-3-11)6-8-14/h9-14H,3-8,17-18H2,1-2H3;10,12H,3-9,11H2,1-2H3/b11-9+,12-10-,19-16?,20-15?;. The second-order valence-corrected chi connectivity index (χ2v) is 9.27. The van der Waals surface area contributed by atoms with E-state index in [4.69, 9.17) is 27.2 Å². The molecule has 0 aromatic heterocycles. The number of rotatable bonds is 11. The van der Waals surface area contributed by atoms with Crippen molar-refractivity contribution >= 4 is 11.5 Å². The quantitative estimate of drug-likeness (QED) is 0.268. The average Bonchev–Trinajstić information content (AvgIpc) is 3.34. The van der Waals surface area contributed by atoms with E-state index in [-0.39, 0.29) is 0 Å². The molecule has 1 saturated heterocycles. The van der Waals surface area contributed by atoms with Gasteiger partial charge in [0.15, 0.2) is 0 Å². The number of allylic oxidation sites excluding steroid dienone is 1. The zero-order valence-electron chi connectivity index (χ0n) is 22.3. The fraction of sp³-hybridized carbons (Fsp3) is 0.769. The van der Waals surface area contributed by atoms with Crippen LogP contribution < -0.4 is 22.5 Å². The smallest absolute Gasteiger partial charge is 0.149 e. The lowest BCUT2D eigenvalue weighted by Crippen LogP contribution is -2.52. The maximum absolute atomic E-state index is 5.55. The number of nitrogens with two attached hydrogens (primary N) is 3. The lowest BCUT2D eigenvalue weighted by molar-refractivity contribution is 0.104. The van der Waals surface area contributed by atoms with Crippen LogP contribution in [0.5, 0.6) is 0 Å². The lowest BCUT2D eigenvalue weighted by Gasteiger charge is -2.37. The van der Waals surface area contributed by atoms with Gasteiger partial charge in [0.05, 0.1) is 6.04 Å². The third-order valence-electron chi connectivity index (χ3n) is 6.77. The van der Waals surface area contributed by atoms with Gasteiger partial charge in [-0.25, -0.2) is 4.99 Å². The van der Waals surface area contributed by atoms with E-state index in [2.05, 4.69) is 35.9 Å². The van der Waals surface area contributed by atoms with Gasteiger partial charge in [0.1, 0.15) is 5.84 Å². The second kappa shape index (κ2) is 18.6. The van der Waals surface area contributed by atoms with E-state index in [0.29, 0.717) is 18.0 Å². The predicted molar refractivity (Wildman–Crippen MR) is 148 cm³/mol. The minimum Gasteiger partial charge on any atom is -0.405 e. The molecule has 0 radical (unpaired) electrons. The summed E-state index contributed by atoms with van der Waals surface area (Å²) in [5, 5.41) is 3.23. The molecule has 2 aliphatic rings. The van der Waals surface area contributed by atoms with Crippen LogP contribution in [0.15, 0.2) is 34.5 Å². The van der Waals surface area contributed by atoms with Gasteiger partial charge in [-0.3, -0.25) is 14.8 Å². The first-order chi connectivity index (χ1) is 16.5. The highest BCUT2D eigenvalue weighted by Crippen LogP contribution is 2.21. The average molecular weight is 477 g/mol. The summed E-state index contributed by atoms with van der Waals surface area (Å²) >= 11 is 0. The summed E-state index contributed by atoms with van der Waals surface area (Å²) in [7, 11) is 2.02. The molecule has 1 heterocycles. The van der Waals surface area contributed by atoms with Crippen LogP contribution in [0.25, 0.3) is 0 Å². The molecule has 0 aromatic rings. The van der Waals surface area contributed by atoms with Gasteiger partial charge in [-0.1, -0.05) is 26.7 Å². The minimum atomic E-state index is 0.398. The van der Waals surface area contributed by atoms with Crippen molar-refractivity contribution < 1.29 is 0 Å². The summed E-state index contributed by atoms with van der Waals surface area (Å²) in [5.74, 6) is 1.13. The Morgan fingerprint density at radius 1 is 1.03 bits per heavy atom. The van der Waals surface area contributed by atoms with Gasteiger partial charge in [-0.05, 0) is 64.2 Å². The zero-order valence-corrected chi connectivity index (χ0v) is 22.3. The van der Waals surface area contributed by atoms with Crippen molar-refractivity contribution in [2.24, 2.45) is 33.1 Å². The largest absolute Gasteiger partial charge is 0.405 e. The Morgan fingerprint density at radius 2 is 1.65 bits per heavy atom. The molecule has 0 spiro atoms. The van der Waals surface area contributed by atoms with Crippen LogP contribution >= 0.6 is 0 Å². The van der Waals surface area contributed by atoms with Crippen LogP contribution in [0.3, 0.4) is 0 Å². The van der Waals surface area contributed by atoms with Gasteiger partial charge in [0.25, 0.3) is 0 Å². The number of nitrogens with one attached hydrogen (secondary N) is 1. The number of hydrogen-bond donors (Lipinski definition) is 4. The normalized spacial score (nSPS) is 20.4. The third-order valence-corrected chi connectivity index (χ3v) is 6.77. The van der Waals surface area contributed by atoms with Crippen LogP contribution in [0, 0.1) is 5.92 Å². The summed E-state index contributed by atoms with van der Waals surface area (Å²) in [5.41, 5.74) is 17.6. The van der Waals surface area contributed by atoms with E-state index in [1.165, 1.54) is 45.2 Å². The topological polar surface area (TPSA) is 121 Å². The van der Waals surface area contributed by atoms with Crippen molar-refractivity contribution in [3.05, 3.63) is 24.6 Å². The minimum absolute atomic E-state index is 0.398. The number of piperazine rings is 1. The van der Waals surface area contributed by atoms with E-state index in [9.17, 15) is 0 Å². The Bertz CT molecular complexity index is 625. The first kappa shape index (κ1) is 30.3. The first-order valence-corrected chi connectivity index (χ1v) is 13.3. The van der Waals surface area contributed by atoms with Gasteiger partial charge in [-0.15, -0.1) is 0 Å². The van der Waals surface area contributed by atoms with Crippen molar-refractivity contribution in [2.75, 3.05) is 52.9 Å². The van der Waals surface area contributed by atoms with Crippen LogP contribution in [-0.2, 0) is 0 Å². The molecule has 0 aromatic carbocycles.